The molecule has 4 rings (SSSR count). The summed E-state index contributed by atoms with van der Waals surface area (Å²) in [5.74, 6) is 0.858. The summed E-state index contributed by atoms with van der Waals surface area (Å²) < 4.78 is 14.9. The van der Waals surface area contributed by atoms with E-state index < -0.39 is 18.4 Å². The first-order chi connectivity index (χ1) is 12.4. The van der Waals surface area contributed by atoms with Gasteiger partial charge in [-0.2, -0.15) is 0 Å². The molecule has 0 amide bonds. The third kappa shape index (κ3) is 3.09. The molecule has 1 aliphatic rings. The van der Waals surface area contributed by atoms with Crippen LogP contribution in [0.5, 0.6) is 0 Å². The molecule has 0 N–H and O–H groups in total. The van der Waals surface area contributed by atoms with E-state index in [1.54, 1.807) is 0 Å². The summed E-state index contributed by atoms with van der Waals surface area (Å²) in [6.07, 6.45) is 3.43. The second kappa shape index (κ2) is 6.67. The average Bonchev–Trinajstić information content (AvgIpc) is 3.15. The Morgan fingerprint density at radius 3 is 2.58 bits per heavy atom. The minimum atomic E-state index is -2.35. The predicted molar refractivity (Wildman–Crippen MR) is 107 cm³/mol. The fourth-order valence-electron chi connectivity index (χ4n) is 3.88. The van der Waals surface area contributed by atoms with Gasteiger partial charge in [-0.1, -0.05) is 0 Å². The van der Waals surface area contributed by atoms with Crippen molar-refractivity contribution in [1.29, 1.82) is 0 Å². The number of nitrogens with zero attached hydrogens (tertiary/aromatic N) is 3. The summed E-state index contributed by atoms with van der Waals surface area (Å²) >= 11 is -2.35. The van der Waals surface area contributed by atoms with Gasteiger partial charge >= 0.3 is 159 Å². The van der Waals surface area contributed by atoms with Crippen LogP contribution in [-0.2, 0) is 4.74 Å². The van der Waals surface area contributed by atoms with Gasteiger partial charge in [-0.05, 0) is 0 Å². The van der Waals surface area contributed by atoms with Crippen LogP contribution in [0.25, 0.3) is 22.0 Å². The van der Waals surface area contributed by atoms with Crippen LogP contribution in [0.2, 0.25) is 14.8 Å². The second-order valence-corrected chi connectivity index (χ2v) is 22.5. The maximum atomic E-state index is 6.07. The molecule has 3 aromatic rings. The zero-order valence-corrected chi connectivity index (χ0v) is 19.2. The summed E-state index contributed by atoms with van der Waals surface area (Å²) in [6.45, 7) is 4.79. The molecule has 0 bridgehead atoms. The Morgan fingerprint density at radius 1 is 1.15 bits per heavy atom. The summed E-state index contributed by atoms with van der Waals surface area (Å²) in [4.78, 5) is 7.26. The Kier molecular flexibility index (Phi) is 4.63. The van der Waals surface area contributed by atoms with Crippen LogP contribution in [0, 0.1) is 13.8 Å². The number of aromatic nitrogens is 3. The first-order valence-electron chi connectivity index (χ1n) is 9.44. The predicted octanol–water partition coefficient (Wildman–Crippen LogP) is 4.55. The molecule has 1 unspecified atom stereocenters. The zero-order valence-electron chi connectivity index (χ0n) is 16.3. The Hall–Kier alpha value is -1.34. The van der Waals surface area contributed by atoms with Gasteiger partial charge in [0.2, 0.25) is 0 Å². The standard InChI is InChI=1S/C17H18N3O2.3CH3.Sn/c1-11-17(12(2)22-19-11)13-6-7-14-10-18-20(15(14)9-13)16-5-3-4-8-21-16;;;;/h6-7,9,16H,3-5,8H2,1-2H3;3*1H3;. The van der Waals surface area contributed by atoms with Crippen molar-refractivity contribution < 1.29 is 9.26 Å². The zero-order chi connectivity index (χ0) is 18.5. The van der Waals surface area contributed by atoms with Crippen LogP contribution < -0.4 is 3.71 Å². The first kappa shape index (κ1) is 18.0. The van der Waals surface area contributed by atoms with E-state index in [1.807, 2.05) is 13.8 Å². The first-order valence-corrected chi connectivity index (χ1v) is 19.4. The van der Waals surface area contributed by atoms with E-state index in [-0.39, 0.29) is 6.23 Å². The molecule has 2 aromatic heterocycles. The van der Waals surface area contributed by atoms with Crippen molar-refractivity contribution in [3.05, 3.63) is 29.7 Å². The molecule has 0 saturated carbocycles. The number of benzene rings is 1. The van der Waals surface area contributed by atoms with Crippen LogP contribution in [0.1, 0.15) is 36.9 Å². The Bertz CT molecular complexity index is 927. The van der Waals surface area contributed by atoms with Gasteiger partial charge in [0.25, 0.3) is 0 Å². The molecule has 1 aromatic carbocycles. The maximum absolute atomic E-state index is 6.07. The molecule has 5 nitrogen and oxygen atoms in total. The number of rotatable bonds is 3. The van der Waals surface area contributed by atoms with E-state index >= 15 is 0 Å². The molecule has 6 heteroatoms. The number of fused-ring (bicyclic) bond motifs is 1. The molecule has 0 spiro atoms. The summed E-state index contributed by atoms with van der Waals surface area (Å²) in [7, 11) is 0. The van der Waals surface area contributed by atoms with Crippen molar-refractivity contribution >= 4 is 33.0 Å². The minimum absolute atomic E-state index is 0.0496. The molecule has 26 heavy (non-hydrogen) atoms. The molecule has 0 aliphatic carbocycles. The summed E-state index contributed by atoms with van der Waals surface area (Å²) in [5, 5.41) is 10.5. The van der Waals surface area contributed by atoms with Crippen molar-refractivity contribution in [3.63, 3.8) is 0 Å². The van der Waals surface area contributed by atoms with Crippen molar-refractivity contribution in [1.82, 2.24) is 14.9 Å². The van der Waals surface area contributed by atoms with Gasteiger partial charge in [0.1, 0.15) is 0 Å². The number of hydrogen-bond acceptors (Lipinski definition) is 4. The summed E-state index contributed by atoms with van der Waals surface area (Å²) in [5.41, 5.74) is 4.33. The monoisotopic (exact) mass is 461 g/mol. The fourth-order valence-corrected chi connectivity index (χ4v) is 7.95. The normalized spacial score (nSPS) is 18.6. The average molecular weight is 460 g/mol. The van der Waals surface area contributed by atoms with Gasteiger partial charge in [-0.15, -0.1) is 0 Å². The van der Waals surface area contributed by atoms with E-state index in [0.29, 0.717) is 0 Å². The fraction of sp³-hybridized carbons (Fsp3) is 0.500. The molecule has 1 fully saturated rings. The summed E-state index contributed by atoms with van der Waals surface area (Å²) in [6, 6.07) is 6.66. The van der Waals surface area contributed by atoms with Crippen molar-refractivity contribution in [2.24, 2.45) is 0 Å². The topological polar surface area (TPSA) is 53.1 Å². The van der Waals surface area contributed by atoms with Gasteiger partial charge in [0.05, 0.1) is 0 Å². The second-order valence-electron chi connectivity index (χ2n) is 8.30. The van der Waals surface area contributed by atoms with Crippen LogP contribution >= 0.6 is 0 Å². The van der Waals surface area contributed by atoms with E-state index in [0.717, 1.165) is 42.0 Å². The van der Waals surface area contributed by atoms with Gasteiger partial charge in [-0.25, -0.2) is 0 Å². The molecular weight excluding hydrogens is 433 g/mol. The Labute approximate surface area is 158 Å². The third-order valence-electron chi connectivity index (χ3n) is 5.17. The molecule has 1 aliphatic heterocycles. The van der Waals surface area contributed by atoms with E-state index in [9.17, 15) is 0 Å². The van der Waals surface area contributed by atoms with Gasteiger partial charge < -0.3 is 0 Å². The van der Waals surface area contributed by atoms with E-state index in [2.05, 4.69) is 42.9 Å². The van der Waals surface area contributed by atoms with Gasteiger partial charge in [0.15, 0.2) is 0 Å². The molecule has 1 atom stereocenters. The van der Waals surface area contributed by atoms with Gasteiger partial charge in [0, 0.05) is 0 Å². The molecule has 1 saturated heterocycles. The van der Waals surface area contributed by atoms with Crippen molar-refractivity contribution in [2.45, 2.75) is 54.2 Å². The van der Waals surface area contributed by atoms with E-state index in [4.69, 9.17) is 14.4 Å². The van der Waals surface area contributed by atoms with Crippen LogP contribution in [0.3, 0.4) is 0 Å². The molecular formula is C20H27N3O2Sn. The number of aryl methyl sites for hydroxylation is 2. The van der Waals surface area contributed by atoms with Crippen molar-refractivity contribution in [3.8, 4) is 11.1 Å². The van der Waals surface area contributed by atoms with Crippen LogP contribution in [0.15, 0.2) is 22.7 Å². The number of hydrogen-bond donors (Lipinski definition) is 0. The molecule has 3 heterocycles. The third-order valence-corrected chi connectivity index (χ3v) is 10.3. The molecule has 0 radical (unpaired) electrons. The SMILES string of the molecule is Cc1noc(C)c1-c1ccc2[c]([Sn]([CH3])([CH3])[CH3])nn(C3CCCCO3)c2c1. The quantitative estimate of drug-likeness (QED) is 0.539. The van der Waals surface area contributed by atoms with E-state index in [1.165, 1.54) is 21.0 Å². The van der Waals surface area contributed by atoms with Crippen LogP contribution in [0.4, 0.5) is 0 Å². The van der Waals surface area contributed by atoms with Crippen LogP contribution in [-0.4, -0.2) is 39.9 Å². The van der Waals surface area contributed by atoms with Crippen molar-refractivity contribution in [2.75, 3.05) is 6.61 Å². The Balaban J connectivity index is 1.92. The molecule has 138 valence electrons. The number of ether oxygens (including phenoxy) is 1. The Morgan fingerprint density at radius 2 is 1.96 bits per heavy atom. The van der Waals surface area contributed by atoms with Gasteiger partial charge in [-0.3, -0.25) is 0 Å².